The van der Waals surface area contributed by atoms with Crippen LogP contribution in [0.15, 0.2) is 4.99 Å². The van der Waals surface area contributed by atoms with Crippen LogP contribution in [0.1, 0.15) is 39.5 Å². The van der Waals surface area contributed by atoms with Crippen molar-refractivity contribution < 1.29 is 9.53 Å². The second kappa shape index (κ2) is 7.36. The van der Waals surface area contributed by atoms with Crippen LogP contribution < -0.4 is 10.6 Å². The van der Waals surface area contributed by atoms with Crippen molar-refractivity contribution >= 4 is 11.9 Å². The molecule has 1 aliphatic rings. The Morgan fingerprint density at radius 2 is 2.11 bits per heavy atom. The summed E-state index contributed by atoms with van der Waals surface area (Å²) in [6, 6.07) is 0. The van der Waals surface area contributed by atoms with Crippen LogP contribution in [0, 0.1) is 11.3 Å². The third-order valence-electron chi connectivity index (χ3n) is 4.20. The average Bonchev–Trinajstić information content (AvgIpc) is 2.39. The van der Waals surface area contributed by atoms with Gasteiger partial charge in [-0.15, -0.1) is 0 Å². The van der Waals surface area contributed by atoms with E-state index in [-0.39, 0.29) is 11.9 Å². The van der Waals surface area contributed by atoms with Crippen LogP contribution in [-0.2, 0) is 9.53 Å². The molecule has 2 N–H and O–H groups in total. The smallest absolute Gasteiger partial charge is 0.310 e. The summed E-state index contributed by atoms with van der Waals surface area (Å²) in [4.78, 5) is 15.5. The van der Waals surface area contributed by atoms with E-state index in [1.165, 1.54) is 32.8 Å². The summed E-state index contributed by atoms with van der Waals surface area (Å²) in [5, 5.41) is 6.53. The maximum Gasteiger partial charge on any atom is 0.310 e. The van der Waals surface area contributed by atoms with E-state index >= 15 is 0 Å². The van der Waals surface area contributed by atoms with Gasteiger partial charge in [0, 0.05) is 20.1 Å². The molecule has 0 bridgehead atoms. The number of hydrogen-bond donors (Lipinski definition) is 2. The lowest BCUT2D eigenvalue weighted by molar-refractivity contribution is -0.144. The van der Waals surface area contributed by atoms with Gasteiger partial charge >= 0.3 is 5.97 Å². The fraction of sp³-hybridized carbons (Fsp3) is 0.857. The van der Waals surface area contributed by atoms with Gasteiger partial charge in [0.1, 0.15) is 0 Å². The number of rotatable bonds is 6. The number of carbonyl (C=O) groups excluding carboxylic acids is 1. The van der Waals surface area contributed by atoms with Crippen molar-refractivity contribution in [2.45, 2.75) is 39.5 Å². The van der Waals surface area contributed by atoms with Crippen LogP contribution in [0.5, 0.6) is 0 Å². The van der Waals surface area contributed by atoms with Gasteiger partial charge in [-0.25, -0.2) is 0 Å². The lowest BCUT2D eigenvalue weighted by atomic mass is 9.67. The highest BCUT2D eigenvalue weighted by atomic mass is 16.5. The topological polar surface area (TPSA) is 62.7 Å². The Bertz CT molecular complexity index is 319. The van der Waals surface area contributed by atoms with E-state index in [0.29, 0.717) is 12.0 Å². The van der Waals surface area contributed by atoms with Gasteiger partial charge in [-0.1, -0.05) is 20.3 Å². The Morgan fingerprint density at radius 3 is 2.53 bits per heavy atom. The van der Waals surface area contributed by atoms with Crippen molar-refractivity contribution in [1.82, 2.24) is 10.6 Å². The molecule has 5 nitrogen and oxygen atoms in total. The monoisotopic (exact) mass is 269 g/mol. The summed E-state index contributed by atoms with van der Waals surface area (Å²) < 4.78 is 4.70. The minimum atomic E-state index is -0.202. The van der Waals surface area contributed by atoms with Gasteiger partial charge in [0.15, 0.2) is 5.96 Å². The number of nitrogens with one attached hydrogen (secondary N) is 2. The quantitative estimate of drug-likeness (QED) is 0.436. The fourth-order valence-corrected chi connectivity index (χ4v) is 2.36. The SMILES string of the molecule is CCC1(CNC(=NC)NCC(C)C(=O)OC)CCC1. The summed E-state index contributed by atoms with van der Waals surface area (Å²) in [5.74, 6) is 0.384. The van der Waals surface area contributed by atoms with Crippen molar-refractivity contribution in [2.75, 3.05) is 27.2 Å². The van der Waals surface area contributed by atoms with Crippen LogP contribution in [-0.4, -0.2) is 39.2 Å². The number of methoxy groups -OCH3 is 1. The molecule has 5 heteroatoms. The first-order valence-corrected chi connectivity index (χ1v) is 7.09. The predicted octanol–water partition coefficient (Wildman–Crippen LogP) is 1.54. The van der Waals surface area contributed by atoms with Gasteiger partial charge in [0.2, 0.25) is 0 Å². The van der Waals surface area contributed by atoms with E-state index in [1.54, 1.807) is 7.05 Å². The van der Waals surface area contributed by atoms with Gasteiger partial charge in [0.05, 0.1) is 13.0 Å². The van der Waals surface area contributed by atoms with E-state index in [1.807, 2.05) is 6.92 Å². The molecule has 1 fully saturated rings. The molecule has 0 radical (unpaired) electrons. The van der Waals surface area contributed by atoms with E-state index < -0.39 is 0 Å². The highest BCUT2D eigenvalue weighted by Gasteiger charge is 2.34. The maximum atomic E-state index is 11.3. The van der Waals surface area contributed by atoms with E-state index in [0.717, 1.165) is 12.5 Å². The summed E-state index contributed by atoms with van der Waals surface area (Å²) in [6.45, 7) is 5.57. The zero-order valence-corrected chi connectivity index (χ0v) is 12.6. The van der Waals surface area contributed by atoms with Gasteiger partial charge < -0.3 is 15.4 Å². The second-order valence-electron chi connectivity index (χ2n) is 5.44. The van der Waals surface area contributed by atoms with Gasteiger partial charge in [-0.2, -0.15) is 0 Å². The average molecular weight is 269 g/mol. The molecule has 0 aromatic carbocycles. The zero-order chi connectivity index (χ0) is 14.3. The predicted molar refractivity (Wildman–Crippen MR) is 77.1 cm³/mol. The van der Waals surface area contributed by atoms with Gasteiger partial charge in [0.25, 0.3) is 0 Å². The summed E-state index contributed by atoms with van der Waals surface area (Å²) in [6.07, 6.45) is 5.13. The van der Waals surface area contributed by atoms with Crippen molar-refractivity contribution in [2.24, 2.45) is 16.3 Å². The van der Waals surface area contributed by atoms with Gasteiger partial charge in [-0.05, 0) is 24.7 Å². The van der Waals surface area contributed by atoms with Crippen molar-refractivity contribution in [3.63, 3.8) is 0 Å². The first-order valence-electron chi connectivity index (χ1n) is 7.09. The highest BCUT2D eigenvalue weighted by Crippen LogP contribution is 2.42. The molecular formula is C14H27N3O2. The third kappa shape index (κ3) is 4.40. The third-order valence-corrected chi connectivity index (χ3v) is 4.20. The molecule has 0 aromatic rings. The number of ether oxygens (including phenoxy) is 1. The minimum Gasteiger partial charge on any atom is -0.469 e. The molecule has 1 atom stereocenters. The van der Waals surface area contributed by atoms with E-state index in [9.17, 15) is 4.79 Å². The van der Waals surface area contributed by atoms with Crippen molar-refractivity contribution in [1.29, 1.82) is 0 Å². The highest BCUT2D eigenvalue weighted by molar-refractivity contribution is 5.80. The molecule has 0 heterocycles. The molecule has 0 aromatic heterocycles. The molecule has 0 saturated heterocycles. The number of guanidine groups is 1. The Labute approximate surface area is 116 Å². The standard InChI is InChI=1S/C14H27N3O2/c1-5-14(7-6-8-14)10-17-13(15-3)16-9-11(2)12(18)19-4/h11H,5-10H2,1-4H3,(H2,15,16,17). The molecule has 0 spiro atoms. The summed E-state index contributed by atoms with van der Waals surface area (Å²) in [7, 11) is 3.16. The maximum absolute atomic E-state index is 11.3. The zero-order valence-electron chi connectivity index (χ0n) is 12.6. The Morgan fingerprint density at radius 1 is 1.42 bits per heavy atom. The molecule has 19 heavy (non-hydrogen) atoms. The molecule has 0 amide bonds. The van der Waals surface area contributed by atoms with Crippen molar-refractivity contribution in [3.8, 4) is 0 Å². The second-order valence-corrected chi connectivity index (χ2v) is 5.44. The Balaban J connectivity index is 2.32. The molecule has 0 aliphatic heterocycles. The summed E-state index contributed by atoms with van der Waals surface area (Å²) in [5.41, 5.74) is 0.450. The summed E-state index contributed by atoms with van der Waals surface area (Å²) >= 11 is 0. The van der Waals surface area contributed by atoms with Crippen LogP contribution in [0.4, 0.5) is 0 Å². The van der Waals surface area contributed by atoms with Crippen LogP contribution in [0.25, 0.3) is 0 Å². The van der Waals surface area contributed by atoms with E-state index in [2.05, 4.69) is 22.5 Å². The Kier molecular flexibility index (Phi) is 6.12. The number of hydrogen-bond acceptors (Lipinski definition) is 3. The number of carbonyl (C=O) groups is 1. The Hall–Kier alpha value is -1.26. The normalized spacial score (nSPS) is 19.3. The lowest BCUT2D eigenvalue weighted by Crippen LogP contribution is -2.47. The van der Waals surface area contributed by atoms with Crippen molar-refractivity contribution in [3.05, 3.63) is 0 Å². The van der Waals surface area contributed by atoms with Crippen LogP contribution >= 0.6 is 0 Å². The molecule has 1 saturated carbocycles. The number of esters is 1. The largest absolute Gasteiger partial charge is 0.469 e. The molecule has 1 rings (SSSR count). The molecule has 1 aliphatic carbocycles. The molecule has 1 unspecified atom stereocenters. The first-order chi connectivity index (χ1) is 9.06. The number of nitrogens with zero attached hydrogens (tertiary/aromatic N) is 1. The molecule has 110 valence electrons. The molecular weight excluding hydrogens is 242 g/mol. The lowest BCUT2D eigenvalue weighted by Gasteiger charge is -2.41. The fourth-order valence-electron chi connectivity index (χ4n) is 2.36. The van der Waals surface area contributed by atoms with Gasteiger partial charge in [-0.3, -0.25) is 9.79 Å². The number of aliphatic imine (C=N–C) groups is 1. The van der Waals surface area contributed by atoms with E-state index in [4.69, 9.17) is 4.74 Å². The first kappa shape index (κ1) is 15.8. The van der Waals surface area contributed by atoms with Crippen LogP contribution in [0.3, 0.4) is 0 Å². The minimum absolute atomic E-state index is 0.174. The van der Waals surface area contributed by atoms with Crippen LogP contribution in [0.2, 0.25) is 0 Å².